The van der Waals surface area contributed by atoms with Crippen molar-refractivity contribution in [1.29, 1.82) is 5.26 Å². The van der Waals surface area contributed by atoms with Crippen LogP contribution in [0.4, 0.5) is 0 Å². The SMILES string of the molecule is CC1CC(C#N)=Cc2c1cc(Cc1c(Cl)ccc(C(=O)N3CCC(CC(C)(C)O)CC3)c1Cl)n2C. The Bertz CT molecular complexity index is 1210. The molecule has 2 aromatic rings. The summed E-state index contributed by atoms with van der Waals surface area (Å²) in [5, 5.41) is 20.4. The van der Waals surface area contributed by atoms with Gasteiger partial charge in [0.25, 0.3) is 5.91 Å². The molecule has 186 valence electrons. The molecule has 7 heteroatoms. The van der Waals surface area contributed by atoms with Crippen molar-refractivity contribution >= 4 is 35.2 Å². The summed E-state index contributed by atoms with van der Waals surface area (Å²) >= 11 is 13.4. The van der Waals surface area contributed by atoms with Crippen LogP contribution in [0.5, 0.6) is 0 Å². The Hall–Kier alpha value is -2.26. The number of nitrogens with zero attached hydrogens (tertiary/aromatic N) is 3. The summed E-state index contributed by atoms with van der Waals surface area (Å²) in [5.74, 6) is 0.607. The molecule has 5 nitrogen and oxygen atoms in total. The normalized spacial score (nSPS) is 18.7. The predicted octanol–water partition coefficient (Wildman–Crippen LogP) is 6.35. The summed E-state index contributed by atoms with van der Waals surface area (Å²) in [4.78, 5) is 15.2. The Labute approximate surface area is 217 Å². The molecule has 2 aliphatic rings. The van der Waals surface area contributed by atoms with Crippen molar-refractivity contribution in [3.05, 3.63) is 61.9 Å². The van der Waals surface area contributed by atoms with Gasteiger partial charge in [0.15, 0.2) is 0 Å². The Balaban J connectivity index is 1.56. The van der Waals surface area contributed by atoms with E-state index in [1.54, 1.807) is 12.1 Å². The lowest BCUT2D eigenvalue weighted by atomic mass is 9.86. The van der Waals surface area contributed by atoms with Crippen LogP contribution < -0.4 is 0 Å². The highest BCUT2D eigenvalue weighted by atomic mass is 35.5. The maximum absolute atomic E-state index is 13.4. The molecule has 35 heavy (non-hydrogen) atoms. The summed E-state index contributed by atoms with van der Waals surface area (Å²) in [6.07, 6.45) is 5.69. The number of amides is 1. The van der Waals surface area contributed by atoms with Gasteiger partial charge in [0.05, 0.1) is 22.3 Å². The van der Waals surface area contributed by atoms with E-state index in [1.165, 1.54) is 5.56 Å². The number of piperidine rings is 1. The van der Waals surface area contributed by atoms with Crippen LogP contribution in [0.2, 0.25) is 10.0 Å². The van der Waals surface area contributed by atoms with Crippen LogP contribution in [0.3, 0.4) is 0 Å². The smallest absolute Gasteiger partial charge is 0.255 e. The van der Waals surface area contributed by atoms with E-state index >= 15 is 0 Å². The summed E-state index contributed by atoms with van der Waals surface area (Å²) in [5.41, 5.74) is 4.62. The fraction of sp³-hybridized carbons (Fsp3) is 0.500. The molecule has 1 atom stereocenters. The first kappa shape index (κ1) is 25.8. The van der Waals surface area contributed by atoms with E-state index in [4.69, 9.17) is 23.2 Å². The number of carbonyl (C=O) groups excluding carboxylic acids is 1. The fourth-order valence-electron chi connectivity index (χ4n) is 5.51. The molecule has 1 aromatic carbocycles. The third kappa shape index (κ3) is 5.45. The van der Waals surface area contributed by atoms with Crippen LogP contribution in [0.25, 0.3) is 6.08 Å². The monoisotopic (exact) mass is 513 g/mol. The molecule has 1 aliphatic carbocycles. The zero-order valence-corrected chi connectivity index (χ0v) is 22.4. The first-order chi connectivity index (χ1) is 16.5. The minimum Gasteiger partial charge on any atom is -0.390 e. The second-order valence-electron chi connectivity index (χ2n) is 10.7. The van der Waals surface area contributed by atoms with Crippen LogP contribution in [0.1, 0.15) is 85.2 Å². The molecule has 1 N–H and O–H groups in total. The van der Waals surface area contributed by atoms with Crippen LogP contribution in [0, 0.1) is 17.2 Å². The van der Waals surface area contributed by atoms with Gasteiger partial charge in [0.2, 0.25) is 0 Å². The van der Waals surface area contributed by atoms with Gasteiger partial charge in [-0.2, -0.15) is 5.26 Å². The van der Waals surface area contributed by atoms with Crippen molar-refractivity contribution in [1.82, 2.24) is 9.47 Å². The fourth-order valence-corrected chi connectivity index (χ4v) is 6.09. The topological polar surface area (TPSA) is 69.3 Å². The van der Waals surface area contributed by atoms with Gasteiger partial charge in [-0.15, -0.1) is 0 Å². The van der Waals surface area contributed by atoms with Gasteiger partial charge in [-0.3, -0.25) is 4.79 Å². The van der Waals surface area contributed by atoms with Crippen LogP contribution in [-0.4, -0.2) is 39.2 Å². The first-order valence-corrected chi connectivity index (χ1v) is 13.0. The molecule has 4 rings (SSSR count). The van der Waals surface area contributed by atoms with Crippen LogP contribution in [0.15, 0.2) is 23.8 Å². The molecule has 1 aromatic heterocycles. The van der Waals surface area contributed by atoms with E-state index in [2.05, 4.69) is 23.6 Å². The quantitative estimate of drug-likeness (QED) is 0.506. The Morgan fingerprint density at radius 2 is 1.94 bits per heavy atom. The van der Waals surface area contributed by atoms with Gasteiger partial charge in [-0.05, 0) is 86.8 Å². The average molecular weight is 514 g/mol. The zero-order chi connectivity index (χ0) is 25.5. The van der Waals surface area contributed by atoms with Crippen LogP contribution in [-0.2, 0) is 13.5 Å². The van der Waals surface area contributed by atoms with E-state index in [0.717, 1.165) is 48.2 Å². The number of nitriles is 1. The molecular formula is C28H33Cl2N3O2. The van der Waals surface area contributed by atoms with E-state index in [9.17, 15) is 15.2 Å². The predicted molar refractivity (Wildman–Crippen MR) is 141 cm³/mol. The van der Waals surface area contributed by atoms with Crippen molar-refractivity contribution in [2.24, 2.45) is 13.0 Å². The van der Waals surface area contributed by atoms with Gasteiger partial charge in [0, 0.05) is 48.5 Å². The number of fused-ring (bicyclic) bond motifs is 1. The summed E-state index contributed by atoms with van der Waals surface area (Å²) in [7, 11) is 1.99. The average Bonchev–Trinajstić information content (AvgIpc) is 3.11. The van der Waals surface area contributed by atoms with Gasteiger partial charge in [-0.1, -0.05) is 30.1 Å². The Kier molecular flexibility index (Phi) is 7.38. The highest BCUT2D eigenvalue weighted by Crippen LogP contribution is 2.37. The molecule has 1 unspecified atom stereocenters. The summed E-state index contributed by atoms with van der Waals surface area (Å²) < 4.78 is 2.09. The number of rotatable bonds is 5. The lowest BCUT2D eigenvalue weighted by Gasteiger charge is -2.34. The second kappa shape index (κ2) is 10.0. The first-order valence-electron chi connectivity index (χ1n) is 12.3. The third-order valence-corrected chi connectivity index (χ3v) is 8.17. The van der Waals surface area contributed by atoms with E-state index < -0.39 is 5.60 Å². The Morgan fingerprint density at radius 3 is 2.57 bits per heavy atom. The number of benzene rings is 1. The number of allylic oxidation sites excluding steroid dienone is 1. The molecular weight excluding hydrogens is 481 g/mol. The van der Waals surface area contributed by atoms with Crippen molar-refractivity contribution in [2.75, 3.05) is 13.1 Å². The number of halogens is 2. The van der Waals surface area contributed by atoms with E-state index in [1.807, 2.05) is 31.9 Å². The number of aliphatic hydroxyl groups is 1. The van der Waals surface area contributed by atoms with Crippen molar-refractivity contribution < 1.29 is 9.90 Å². The Morgan fingerprint density at radius 1 is 1.26 bits per heavy atom. The van der Waals surface area contributed by atoms with Gasteiger partial charge >= 0.3 is 0 Å². The van der Waals surface area contributed by atoms with Gasteiger partial charge in [-0.25, -0.2) is 0 Å². The minimum atomic E-state index is -0.689. The molecule has 0 bridgehead atoms. The van der Waals surface area contributed by atoms with Gasteiger partial charge < -0.3 is 14.6 Å². The molecule has 2 heterocycles. The molecule has 1 aliphatic heterocycles. The molecule has 0 saturated carbocycles. The maximum Gasteiger partial charge on any atom is 0.255 e. The number of hydrogen-bond donors (Lipinski definition) is 1. The minimum absolute atomic E-state index is 0.0731. The van der Waals surface area contributed by atoms with Gasteiger partial charge in [0.1, 0.15) is 0 Å². The highest BCUT2D eigenvalue weighted by molar-refractivity contribution is 6.38. The lowest BCUT2D eigenvalue weighted by Crippen LogP contribution is -2.40. The van der Waals surface area contributed by atoms with E-state index in [-0.39, 0.29) is 11.8 Å². The molecule has 0 radical (unpaired) electrons. The number of likely N-dealkylation sites (tertiary alicyclic amines) is 1. The number of aromatic nitrogens is 1. The second-order valence-corrected chi connectivity index (χ2v) is 11.5. The lowest BCUT2D eigenvalue weighted by molar-refractivity contribution is 0.0358. The summed E-state index contributed by atoms with van der Waals surface area (Å²) in [6, 6.07) is 7.94. The van der Waals surface area contributed by atoms with Crippen LogP contribution >= 0.6 is 23.2 Å². The zero-order valence-electron chi connectivity index (χ0n) is 20.9. The van der Waals surface area contributed by atoms with E-state index in [0.29, 0.717) is 41.0 Å². The molecule has 0 spiro atoms. The third-order valence-electron chi connectivity index (χ3n) is 7.39. The highest BCUT2D eigenvalue weighted by Gasteiger charge is 2.29. The van der Waals surface area contributed by atoms with Crippen molar-refractivity contribution in [2.45, 2.75) is 64.4 Å². The molecule has 1 fully saturated rings. The number of hydrogen-bond acceptors (Lipinski definition) is 3. The van der Waals surface area contributed by atoms with Crippen molar-refractivity contribution in [3.8, 4) is 6.07 Å². The molecule has 1 saturated heterocycles. The standard InChI is InChI=1S/C28H33Cl2N3O2/c1-17-11-19(16-31)12-25-22(17)13-20(32(25)4)14-23-24(29)6-5-21(26(23)30)27(34)33-9-7-18(8-10-33)15-28(2,3)35/h5-6,12-13,17-18,35H,7-11,14-15H2,1-4H3. The number of carbonyl (C=O) groups is 1. The van der Waals surface area contributed by atoms with Crippen molar-refractivity contribution in [3.63, 3.8) is 0 Å². The molecule has 1 amide bonds. The largest absolute Gasteiger partial charge is 0.390 e. The maximum atomic E-state index is 13.4. The summed E-state index contributed by atoms with van der Waals surface area (Å²) in [6.45, 7) is 7.12.